The SMILES string of the molecule is CCCCC/C=C\C/C=C\CCCCCCCCCCCC(=O)OCC(COC(=O)CCCCCCCCC)OC(=O)CCCCCCCCCCCCCCCCC. The maximum absolute atomic E-state index is 12.7. The highest BCUT2D eigenvalue weighted by molar-refractivity contribution is 5.71. The fourth-order valence-electron chi connectivity index (χ4n) is 7.53. The van der Waals surface area contributed by atoms with Gasteiger partial charge in [-0.2, -0.15) is 0 Å². The third-order valence-corrected chi connectivity index (χ3v) is 11.5. The van der Waals surface area contributed by atoms with Crippen molar-refractivity contribution in [1.29, 1.82) is 0 Å². The molecule has 0 saturated heterocycles. The van der Waals surface area contributed by atoms with Crippen molar-refractivity contribution < 1.29 is 28.6 Å². The largest absolute Gasteiger partial charge is 0.462 e. The van der Waals surface area contributed by atoms with E-state index in [1.54, 1.807) is 0 Å². The topological polar surface area (TPSA) is 78.9 Å². The predicted molar refractivity (Wildman–Crippen MR) is 252 cm³/mol. The van der Waals surface area contributed by atoms with Crippen LogP contribution in [0.3, 0.4) is 0 Å². The van der Waals surface area contributed by atoms with Crippen LogP contribution in [0.1, 0.15) is 278 Å². The number of carbonyl (C=O) groups is 3. The van der Waals surface area contributed by atoms with E-state index in [4.69, 9.17) is 14.2 Å². The molecule has 59 heavy (non-hydrogen) atoms. The second-order valence-corrected chi connectivity index (χ2v) is 17.4. The summed E-state index contributed by atoms with van der Waals surface area (Å²) < 4.78 is 16.7. The number of hydrogen-bond donors (Lipinski definition) is 0. The van der Waals surface area contributed by atoms with Crippen LogP contribution in [0, 0.1) is 0 Å². The number of hydrogen-bond acceptors (Lipinski definition) is 6. The zero-order valence-electron chi connectivity index (χ0n) is 39.5. The lowest BCUT2D eigenvalue weighted by molar-refractivity contribution is -0.167. The number of rotatable bonds is 47. The first kappa shape index (κ1) is 56.9. The van der Waals surface area contributed by atoms with Gasteiger partial charge >= 0.3 is 17.9 Å². The van der Waals surface area contributed by atoms with Gasteiger partial charge in [-0.3, -0.25) is 14.4 Å². The summed E-state index contributed by atoms with van der Waals surface area (Å²) in [5.41, 5.74) is 0. The van der Waals surface area contributed by atoms with Gasteiger partial charge in [-0.25, -0.2) is 0 Å². The van der Waals surface area contributed by atoms with Gasteiger partial charge in [0.25, 0.3) is 0 Å². The van der Waals surface area contributed by atoms with Crippen molar-refractivity contribution in [2.75, 3.05) is 13.2 Å². The molecule has 6 heteroatoms. The number of carbonyl (C=O) groups excluding carboxylic acids is 3. The Morgan fingerprint density at radius 3 is 0.966 bits per heavy atom. The minimum Gasteiger partial charge on any atom is -0.462 e. The van der Waals surface area contributed by atoms with E-state index in [9.17, 15) is 14.4 Å². The van der Waals surface area contributed by atoms with Crippen LogP contribution in [0.5, 0.6) is 0 Å². The van der Waals surface area contributed by atoms with Gasteiger partial charge in [0.1, 0.15) is 13.2 Å². The molecule has 0 fully saturated rings. The number of esters is 3. The average molecular weight is 831 g/mol. The van der Waals surface area contributed by atoms with Crippen molar-refractivity contribution in [3.63, 3.8) is 0 Å². The lowest BCUT2D eigenvalue weighted by atomic mass is 10.0. The fraction of sp³-hybridized carbons (Fsp3) is 0.868. The van der Waals surface area contributed by atoms with E-state index in [2.05, 4.69) is 45.1 Å². The smallest absolute Gasteiger partial charge is 0.306 e. The molecule has 0 aromatic carbocycles. The van der Waals surface area contributed by atoms with Crippen LogP contribution in [-0.2, 0) is 28.6 Å². The Hall–Kier alpha value is -2.11. The van der Waals surface area contributed by atoms with Crippen molar-refractivity contribution >= 4 is 17.9 Å². The molecular weight excluding hydrogens is 733 g/mol. The average Bonchev–Trinajstić information content (AvgIpc) is 3.23. The minimum absolute atomic E-state index is 0.0687. The van der Waals surface area contributed by atoms with E-state index in [1.165, 1.54) is 173 Å². The number of allylic oxidation sites excluding steroid dienone is 4. The highest BCUT2D eigenvalue weighted by Crippen LogP contribution is 2.16. The molecule has 0 aliphatic heterocycles. The monoisotopic (exact) mass is 831 g/mol. The summed E-state index contributed by atoms with van der Waals surface area (Å²) in [6.07, 6.45) is 54.6. The summed E-state index contributed by atoms with van der Waals surface area (Å²) in [6, 6.07) is 0. The second kappa shape index (κ2) is 48.6. The normalized spacial score (nSPS) is 12.1. The van der Waals surface area contributed by atoms with Crippen LogP contribution < -0.4 is 0 Å². The maximum Gasteiger partial charge on any atom is 0.306 e. The van der Waals surface area contributed by atoms with Gasteiger partial charge in [-0.15, -0.1) is 0 Å². The van der Waals surface area contributed by atoms with Gasteiger partial charge in [0.05, 0.1) is 0 Å². The Balaban J connectivity index is 4.21. The van der Waals surface area contributed by atoms with Crippen molar-refractivity contribution in [1.82, 2.24) is 0 Å². The number of ether oxygens (including phenoxy) is 3. The van der Waals surface area contributed by atoms with Gasteiger partial charge in [0.2, 0.25) is 0 Å². The Kier molecular flexibility index (Phi) is 46.8. The molecule has 1 atom stereocenters. The molecule has 0 aliphatic carbocycles. The standard InChI is InChI=1S/C53H98O6/c1-4-7-10-13-16-18-20-22-24-25-26-27-29-30-32-34-37-40-43-46-52(55)58-49-50(48-57-51(54)45-42-39-36-15-12-9-6-3)59-53(56)47-44-41-38-35-33-31-28-23-21-19-17-14-11-8-5-2/h16,18,22,24,50H,4-15,17,19-21,23,25-49H2,1-3H3/b18-16-,24-22-. The molecule has 0 aliphatic rings. The lowest BCUT2D eigenvalue weighted by Crippen LogP contribution is -2.30. The molecule has 0 aromatic heterocycles. The molecule has 346 valence electrons. The van der Waals surface area contributed by atoms with Crippen molar-refractivity contribution in [2.45, 2.75) is 284 Å². The highest BCUT2D eigenvalue weighted by Gasteiger charge is 2.19. The number of unbranched alkanes of at least 4 members (excludes halogenated alkanes) is 32. The minimum atomic E-state index is -0.765. The lowest BCUT2D eigenvalue weighted by Gasteiger charge is -2.18. The highest BCUT2D eigenvalue weighted by atomic mass is 16.6. The molecule has 0 spiro atoms. The van der Waals surface area contributed by atoms with Crippen molar-refractivity contribution in [2.24, 2.45) is 0 Å². The van der Waals surface area contributed by atoms with Crippen LogP contribution in [0.2, 0.25) is 0 Å². The third kappa shape index (κ3) is 46.8. The molecular formula is C53H98O6. The summed E-state index contributed by atoms with van der Waals surface area (Å²) in [5, 5.41) is 0. The van der Waals surface area contributed by atoms with Crippen LogP contribution in [0.4, 0.5) is 0 Å². The maximum atomic E-state index is 12.7. The summed E-state index contributed by atoms with van der Waals surface area (Å²) in [5.74, 6) is -0.866. The Bertz CT molecular complexity index is 958. The van der Waals surface area contributed by atoms with E-state index in [-0.39, 0.29) is 31.1 Å². The first-order chi connectivity index (χ1) is 29.0. The molecule has 0 amide bonds. The van der Waals surface area contributed by atoms with Crippen molar-refractivity contribution in [3.05, 3.63) is 24.3 Å². The first-order valence-corrected chi connectivity index (χ1v) is 25.8. The summed E-state index contributed by atoms with van der Waals surface area (Å²) >= 11 is 0. The zero-order chi connectivity index (χ0) is 43.0. The van der Waals surface area contributed by atoms with Crippen molar-refractivity contribution in [3.8, 4) is 0 Å². The molecule has 0 aromatic rings. The van der Waals surface area contributed by atoms with Crippen LogP contribution in [-0.4, -0.2) is 37.2 Å². The molecule has 0 heterocycles. The van der Waals surface area contributed by atoms with E-state index in [1.807, 2.05) is 0 Å². The fourth-order valence-corrected chi connectivity index (χ4v) is 7.53. The molecule has 0 radical (unpaired) electrons. The van der Waals surface area contributed by atoms with E-state index in [0.29, 0.717) is 19.3 Å². The Morgan fingerprint density at radius 2 is 0.610 bits per heavy atom. The molecule has 0 rings (SSSR count). The van der Waals surface area contributed by atoms with Gasteiger partial charge < -0.3 is 14.2 Å². The Morgan fingerprint density at radius 1 is 0.339 bits per heavy atom. The van der Waals surface area contributed by atoms with Gasteiger partial charge in [-0.05, 0) is 51.4 Å². The molecule has 0 N–H and O–H groups in total. The molecule has 0 bridgehead atoms. The first-order valence-electron chi connectivity index (χ1n) is 25.8. The molecule has 6 nitrogen and oxygen atoms in total. The predicted octanol–water partition coefficient (Wildman–Crippen LogP) is 16.8. The summed E-state index contributed by atoms with van der Waals surface area (Å²) in [4.78, 5) is 37.8. The van der Waals surface area contributed by atoms with E-state index < -0.39 is 6.10 Å². The molecule has 1 unspecified atom stereocenters. The van der Waals surface area contributed by atoms with E-state index in [0.717, 1.165) is 64.2 Å². The van der Waals surface area contributed by atoms with Crippen LogP contribution in [0.25, 0.3) is 0 Å². The summed E-state index contributed by atoms with van der Waals surface area (Å²) in [6.45, 7) is 6.60. The molecule has 0 saturated carbocycles. The summed E-state index contributed by atoms with van der Waals surface area (Å²) in [7, 11) is 0. The third-order valence-electron chi connectivity index (χ3n) is 11.5. The second-order valence-electron chi connectivity index (χ2n) is 17.4. The quantitative estimate of drug-likeness (QED) is 0.0263. The van der Waals surface area contributed by atoms with Gasteiger partial charge in [-0.1, -0.05) is 231 Å². The Labute approximate surface area is 366 Å². The zero-order valence-corrected chi connectivity index (χ0v) is 39.5. The van der Waals surface area contributed by atoms with E-state index >= 15 is 0 Å². The van der Waals surface area contributed by atoms with Crippen LogP contribution >= 0.6 is 0 Å². The van der Waals surface area contributed by atoms with Gasteiger partial charge in [0, 0.05) is 19.3 Å². The van der Waals surface area contributed by atoms with Gasteiger partial charge in [0.15, 0.2) is 6.10 Å². The van der Waals surface area contributed by atoms with Crippen LogP contribution in [0.15, 0.2) is 24.3 Å².